The van der Waals surface area contributed by atoms with Gasteiger partial charge in [-0.3, -0.25) is 4.79 Å². The Bertz CT molecular complexity index is 770. The molecule has 0 spiro atoms. The van der Waals surface area contributed by atoms with E-state index in [1.54, 1.807) is 28.6 Å². The van der Waals surface area contributed by atoms with Gasteiger partial charge in [-0.1, -0.05) is 0 Å². The van der Waals surface area contributed by atoms with Gasteiger partial charge in [0.1, 0.15) is 0 Å². The lowest BCUT2D eigenvalue weighted by Gasteiger charge is -2.18. The number of hydrogen-bond acceptors (Lipinski definition) is 5. The van der Waals surface area contributed by atoms with Crippen molar-refractivity contribution in [2.24, 2.45) is 0 Å². The molecule has 22 heavy (non-hydrogen) atoms. The van der Waals surface area contributed by atoms with E-state index in [1.165, 1.54) is 30.5 Å². The standard InChI is InChI=1S/C14H15N3O3S2/c1-16(14-15-8-10-21-14)22(19,20)12-6-4-11(5-7-12)17-9-2-3-13(17)18/h4-8,10H,2-3,9H2,1H3. The molecule has 1 aliphatic heterocycles. The van der Waals surface area contributed by atoms with E-state index in [1.807, 2.05) is 0 Å². The molecule has 0 unspecified atom stereocenters. The van der Waals surface area contributed by atoms with E-state index < -0.39 is 10.0 Å². The quantitative estimate of drug-likeness (QED) is 0.856. The van der Waals surface area contributed by atoms with Crippen LogP contribution in [0.25, 0.3) is 0 Å². The van der Waals surface area contributed by atoms with Crippen molar-refractivity contribution in [2.45, 2.75) is 17.7 Å². The summed E-state index contributed by atoms with van der Waals surface area (Å²) < 4.78 is 26.2. The van der Waals surface area contributed by atoms with Gasteiger partial charge in [-0.2, -0.15) is 0 Å². The predicted octanol–water partition coefficient (Wildman–Crippen LogP) is 2.09. The Morgan fingerprint density at radius 2 is 2.00 bits per heavy atom. The van der Waals surface area contributed by atoms with Crippen LogP contribution in [0.4, 0.5) is 10.8 Å². The highest BCUT2D eigenvalue weighted by molar-refractivity contribution is 7.93. The summed E-state index contributed by atoms with van der Waals surface area (Å²) in [6.45, 7) is 0.684. The van der Waals surface area contributed by atoms with E-state index in [9.17, 15) is 13.2 Å². The van der Waals surface area contributed by atoms with E-state index in [0.29, 0.717) is 18.1 Å². The van der Waals surface area contributed by atoms with Gasteiger partial charge >= 0.3 is 0 Å². The molecule has 116 valence electrons. The van der Waals surface area contributed by atoms with E-state index in [0.717, 1.165) is 16.4 Å². The summed E-state index contributed by atoms with van der Waals surface area (Å²) in [5.74, 6) is 0.0792. The summed E-state index contributed by atoms with van der Waals surface area (Å²) in [5.41, 5.74) is 0.735. The van der Waals surface area contributed by atoms with Gasteiger partial charge in [-0.15, -0.1) is 11.3 Å². The molecule has 1 aromatic carbocycles. The molecular weight excluding hydrogens is 322 g/mol. The molecule has 0 aliphatic carbocycles. The van der Waals surface area contributed by atoms with Crippen molar-refractivity contribution in [1.82, 2.24) is 4.98 Å². The normalized spacial score (nSPS) is 15.3. The minimum atomic E-state index is -3.64. The SMILES string of the molecule is CN(c1nccs1)S(=O)(=O)c1ccc(N2CCCC2=O)cc1. The van der Waals surface area contributed by atoms with Crippen LogP contribution >= 0.6 is 11.3 Å². The molecule has 0 saturated carbocycles. The van der Waals surface area contributed by atoms with Gasteiger partial charge in [0, 0.05) is 37.3 Å². The molecule has 1 fully saturated rings. The summed E-state index contributed by atoms with van der Waals surface area (Å²) in [6, 6.07) is 6.40. The fourth-order valence-corrected chi connectivity index (χ4v) is 4.34. The first-order valence-corrected chi connectivity index (χ1v) is 9.11. The number of carbonyl (C=O) groups is 1. The Morgan fingerprint density at radius 1 is 1.27 bits per heavy atom. The Morgan fingerprint density at radius 3 is 2.55 bits per heavy atom. The molecule has 1 aromatic heterocycles. The maximum absolute atomic E-state index is 12.5. The second kappa shape index (κ2) is 5.69. The largest absolute Gasteiger partial charge is 0.312 e. The first-order chi connectivity index (χ1) is 10.5. The van der Waals surface area contributed by atoms with Crippen molar-refractivity contribution >= 4 is 38.1 Å². The highest BCUT2D eigenvalue weighted by Crippen LogP contribution is 2.26. The van der Waals surface area contributed by atoms with Gasteiger partial charge in [0.25, 0.3) is 10.0 Å². The van der Waals surface area contributed by atoms with Crippen molar-refractivity contribution in [1.29, 1.82) is 0 Å². The van der Waals surface area contributed by atoms with Gasteiger partial charge in [0.15, 0.2) is 5.13 Å². The Labute approximate surface area is 133 Å². The molecule has 0 N–H and O–H groups in total. The average molecular weight is 337 g/mol. The number of benzene rings is 1. The highest BCUT2D eigenvalue weighted by Gasteiger charge is 2.25. The lowest BCUT2D eigenvalue weighted by Crippen LogP contribution is -2.27. The summed E-state index contributed by atoms with van der Waals surface area (Å²) >= 11 is 1.26. The first-order valence-electron chi connectivity index (χ1n) is 6.79. The number of carbonyl (C=O) groups excluding carboxylic acids is 1. The van der Waals surface area contributed by atoms with Crippen LogP contribution < -0.4 is 9.21 Å². The van der Waals surface area contributed by atoms with E-state index in [2.05, 4.69) is 4.98 Å². The second-order valence-electron chi connectivity index (χ2n) is 4.93. The van der Waals surface area contributed by atoms with E-state index >= 15 is 0 Å². The Balaban J connectivity index is 1.87. The van der Waals surface area contributed by atoms with Gasteiger partial charge in [-0.25, -0.2) is 17.7 Å². The van der Waals surface area contributed by atoms with Crippen molar-refractivity contribution in [2.75, 3.05) is 22.8 Å². The first kappa shape index (κ1) is 15.0. The van der Waals surface area contributed by atoms with Gasteiger partial charge in [0.05, 0.1) is 4.90 Å². The third-order valence-electron chi connectivity index (χ3n) is 3.57. The second-order valence-corrected chi connectivity index (χ2v) is 7.77. The fourth-order valence-electron chi connectivity index (χ4n) is 2.35. The molecule has 1 amide bonds. The summed E-state index contributed by atoms with van der Waals surface area (Å²) in [7, 11) is -2.16. The number of aromatic nitrogens is 1. The van der Waals surface area contributed by atoms with Crippen LogP contribution in [0.3, 0.4) is 0 Å². The van der Waals surface area contributed by atoms with Gasteiger partial charge in [-0.05, 0) is 30.7 Å². The van der Waals surface area contributed by atoms with E-state index in [-0.39, 0.29) is 10.8 Å². The minimum Gasteiger partial charge on any atom is -0.312 e. The smallest absolute Gasteiger partial charge is 0.265 e. The fraction of sp³-hybridized carbons (Fsp3) is 0.286. The molecule has 3 rings (SSSR count). The number of hydrogen-bond donors (Lipinski definition) is 0. The van der Waals surface area contributed by atoms with Crippen LogP contribution in [0.15, 0.2) is 40.7 Å². The zero-order valence-electron chi connectivity index (χ0n) is 12.0. The van der Waals surface area contributed by atoms with Gasteiger partial charge in [0.2, 0.25) is 5.91 Å². The number of rotatable bonds is 4. The molecular formula is C14H15N3O3S2. The number of amides is 1. The highest BCUT2D eigenvalue weighted by atomic mass is 32.2. The average Bonchev–Trinajstić information content (AvgIpc) is 3.18. The third-order valence-corrected chi connectivity index (χ3v) is 6.29. The molecule has 0 atom stereocenters. The molecule has 0 bridgehead atoms. The van der Waals surface area contributed by atoms with E-state index in [4.69, 9.17) is 0 Å². The number of sulfonamides is 1. The maximum Gasteiger partial charge on any atom is 0.265 e. The predicted molar refractivity (Wildman–Crippen MR) is 85.7 cm³/mol. The topological polar surface area (TPSA) is 70.6 Å². The monoisotopic (exact) mass is 337 g/mol. The maximum atomic E-state index is 12.5. The molecule has 6 nitrogen and oxygen atoms in total. The molecule has 2 aromatic rings. The van der Waals surface area contributed by atoms with Crippen molar-refractivity contribution < 1.29 is 13.2 Å². The molecule has 0 radical (unpaired) electrons. The Kier molecular flexibility index (Phi) is 3.88. The van der Waals surface area contributed by atoms with Crippen LogP contribution in [0.1, 0.15) is 12.8 Å². The summed E-state index contributed by atoms with van der Waals surface area (Å²) in [4.78, 5) is 17.6. The Hall–Kier alpha value is -1.93. The van der Waals surface area contributed by atoms with Gasteiger partial charge < -0.3 is 4.90 Å². The van der Waals surface area contributed by atoms with Crippen LogP contribution in [0.2, 0.25) is 0 Å². The molecule has 1 aliphatic rings. The third kappa shape index (κ3) is 2.59. The van der Waals surface area contributed by atoms with Crippen LogP contribution in [-0.2, 0) is 14.8 Å². The molecule has 8 heteroatoms. The number of nitrogens with zero attached hydrogens (tertiary/aromatic N) is 3. The zero-order valence-corrected chi connectivity index (χ0v) is 13.6. The minimum absolute atomic E-state index is 0.0792. The lowest BCUT2D eigenvalue weighted by molar-refractivity contribution is -0.117. The van der Waals surface area contributed by atoms with Crippen molar-refractivity contribution in [3.8, 4) is 0 Å². The van der Waals surface area contributed by atoms with Crippen LogP contribution in [0, 0.1) is 0 Å². The molecule has 2 heterocycles. The summed E-state index contributed by atoms with van der Waals surface area (Å²) in [5, 5.41) is 2.14. The van der Waals surface area contributed by atoms with Crippen LogP contribution in [-0.4, -0.2) is 32.9 Å². The van der Waals surface area contributed by atoms with Crippen molar-refractivity contribution in [3.63, 3.8) is 0 Å². The zero-order chi connectivity index (χ0) is 15.7. The van der Waals surface area contributed by atoms with Crippen molar-refractivity contribution in [3.05, 3.63) is 35.8 Å². The number of thiazole rings is 1. The lowest BCUT2D eigenvalue weighted by atomic mass is 10.3. The summed E-state index contributed by atoms with van der Waals surface area (Å²) in [6.07, 6.45) is 2.95. The number of anilines is 2. The molecule has 1 saturated heterocycles. The van der Waals surface area contributed by atoms with Crippen LogP contribution in [0.5, 0.6) is 0 Å².